The Labute approximate surface area is 66.8 Å². The molecule has 11 heavy (non-hydrogen) atoms. The second-order valence-electron chi connectivity index (χ2n) is 1.81. The number of hydrogen-bond acceptors (Lipinski definition) is 2. The van der Waals surface area contributed by atoms with Crippen LogP contribution in [0.4, 0.5) is 0 Å². The SMILES string of the molecule is C#CCOc1ccccc1.N. The van der Waals surface area contributed by atoms with Crippen LogP contribution in [0, 0.1) is 12.3 Å². The molecule has 0 saturated carbocycles. The van der Waals surface area contributed by atoms with Gasteiger partial charge in [-0.1, -0.05) is 24.1 Å². The number of terminal acetylenes is 1. The fourth-order valence-electron chi connectivity index (χ4n) is 0.642. The average molecular weight is 149 g/mol. The van der Waals surface area contributed by atoms with Crippen molar-refractivity contribution in [1.82, 2.24) is 6.15 Å². The van der Waals surface area contributed by atoms with Crippen molar-refractivity contribution in [3.8, 4) is 18.1 Å². The van der Waals surface area contributed by atoms with Gasteiger partial charge >= 0.3 is 0 Å². The molecule has 1 aromatic rings. The second kappa shape index (κ2) is 5.33. The number of rotatable bonds is 2. The van der Waals surface area contributed by atoms with Gasteiger partial charge in [-0.05, 0) is 12.1 Å². The van der Waals surface area contributed by atoms with Crippen molar-refractivity contribution in [2.75, 3.05) is 6.61 Å². The summed E-state index contributed by atoms with van der Waals surface area (Å²) in [6, 6.07) is 9.50. The van der Waals surface area contributed by atoms with Crippen molar-refractivity contribution < 1.29 is 4.74 Å². The molecule has 0 aliphatic carbocycles. The Morgan fingerprint density at radius 1 is 1.27 bits per heavy atom. The highest BCUT2D eigenvalue weighted by atomic mass is 16.5. The fraction of sp³-hybridized carbons (Fsp3) is 0.111. The van der Waals surface area contributed by atoms with Crippen LogP contribution >= 0.6 is 0 Å². The van der Waals surface area contributed by atoms with Gasteiger partial charge in [-0.2, -0.15) is 0 Å². The molecule has 1 aromatic carbocycles. The molecule has 0 atom stereocenters. The number of ether oxygens (including phenoxy) is 1. The summed E-state index contributed by atoms with van der Waals surface area (Å²) < 4.78 is 5.12. The highest BCUT2D eigenvalue weighted by molar-refractivity contribution is 5.21. The lowest BCUT2D eigenvalue weighted by Gasteiger charge is -1.98. The Bertz CT molecular complexity index is 225. The van der Waals surface area contributed by atoms with E-state index in [2.05, 4.69) is 5.92 Å². The van der Waals surface area contributed by atoms with E-state index in [9.17, 15) is 0 Å². The maximum absolute atomic E-state index is 5.12. The molecule has 0 fully saturated rings. The van der Waals surface area contributed by atoms with E-state index < -0.39 is 0 Å². The normalized spacial score (nSPS) is 7.55. The van der Waals surface area contributed by atoms with E-state index >= 15 is 0 Å². The molecule has 0 radical (unpaired) electrons. The smallest absolute Gasteiger partial charge is 0.148 e. The molecule has 0 unspecified atom stereocenters. The Kier molecular flexibility index (Phi) is 4.63. The number of hydrogen-bond donors (Lipinski definition) is 1. The van der Waals surface area contributed by atoms with Gasteiger partial charge in [0.15, 0.2) is 0 Å². The van der Waals surface area contributed by atoms with Gasteiger partial charge in [-0.15, -0.1) is 6.42 Å². The first-order valence-electron chi connectivity index (χ1n) is 3.05. The van der Waals surface area contributed by atoms with Crippen LogP contribution in [0.2, 0.25) is 0 Å². The lowest BCUT2D eigenvalue weighted by atomic mass is 10.3. The first-order chi connectivity index (χ1) is 4.93. The molecule has 0 heterocycles. The van der Waals surface area contributed by atoms with Crippen LogP contribution < -0.4 is 10.9 Å². The molecule has 2 heteroatoms. The van der Waals surface area contributed by atoms with Crippen molar-refractivity contribution in [3.05, 3.63) is 30.3 Å². The zero-order valence-corrected chi connectivity index (χ0v) is 6.29. The predicted octanol–water partition coefficient (Wildman–Crippen LogP) is 1.86. The van der Waals surface area contributed by atoms with Gasteiger partial charge in [0.2, 0.25) is 0 Å². The maximum atomic E-state index is 5.12. The minimum atomic E-state index is 0. The van der Waals surface area contributed by atoms with E-state index in [0.29, 0.717) is 6.61 Å². The highest BCUT2D eigenvalue weighted by Gasteiger charge is 1.85. The highest BCUT2D eigenvalue weighted by Crippen LogP contribution is 2.06. The van der Waals surface area contributed by atoms with E-state index in [1.165, 1.54) is 0 Å². The summed E-state index contributed by atoms with van der Waals surface area (Å²) in [5.41, 5.74) is 0. The molecule has 58 valence electrons. The first kappa shape index (κ1) is 9.54. The van der Waals surface area contributed by atoms with Crippen molar-refractivity contribution in [2.24, 2.45) is 0 Å². The van der Waals surface area contributed by atoms with Crippen molar-refractivity contribution >= 4 is 0 Å². The van der Waals surface area contributed by atoms with Crippen molar-refractivity contribution in [2.45, 2.75) is 0 Å². The van der Waals surface area contributed by atoms with Gasteiger partial charge in [0.25, 0.3) is 0 Å². The van der Waals surface area contributed by atoms with Crippen LogP contribution in [0.5, 0.6) is 5.75 Å². The Hall–Kier alpha value is -1.46. The maximum Gasteiger partial charge on any atom is 0.148 e. The Morgan fingerprint density at radius 3 is 2.45 bits per heavy atom. The van der Waals surface area contributed by atoms with Crippen LogP contribution in [0.15, 0.2) is 30.3 Å². The minimum Gasteiger partial charge on any atom is -0.481 e. The topological polar surface area (TPSA) is 44.2 Å². The summed E-state index contributed by atoms with van der Waals surface area (Å²) >= 11 is 0. The molecule has 0 aliphatic rings. The van der Waals surface area contributed by atoms with E-state index in [1.807, 2.05) is 30.3 Å². The molecule has 1 rings (SSSR count). The largest absolute Gasteiger partial charge is 0.481 e. The van der Waals surface area contributed by atoms with Gasteiger partial charge in [0, 0.05) is 0 Å². The first-order valence-corrected chi connectivity index (χ1v) is 3.05. The van der Waals surface area contributed by atoms with Gasteiger partial charge in [-0.3, -0.25) is 0 Å². The second-order valence-corrected chi connectivity index (χ2v) is 1.81. The quantitative estimate of drug-likeness (QED) is 0.652. The summed E-state index contributed by atoms with van der Waals surface area (Å²) in [4.78, 5) is 0. The van der Waals surface area contributed by atoms with Crippen LogP contribution in [0.25, 0.3) is 0 Å². The summed E-state index contributed by atoms with van der Waals surface area (Å²) in [5.74, 6) is 3.21. The zero-order chi connectivity index (χ0) is 7.23. The molecule has 0 aromatic heterocycles. The van der Waals surface area contributed by atoms with Crippen LogP contribution in [0.3, 0.4) is 0 Å². The predicted molar refractivity (Wildman–Crippen MR) is 45.8 cm³/mol. The lowest BCUT2D eigenvalue weighted by molar-refractivity contribution is 0.370. The zero-order valence-electron chi connectivity index (χ0n) is 6.29. The molecule has 2 nitrogen and oxygen atoms in total. The standard InChI is InChI=1S/C9H8O.H3N/c1-2-8-10-9-6-4-3-5-7-9;/h1,3-7H,8H2;1H3. The summed E-state index contributed by atoms with van der Waals surface area (Å²) in [6.07, 6.45) is 5.00. The number of benzene rings is 1. The third-order valence-corrected chi connectivity index (χ3v) is 1.07. The molecule has 0 amide bonds. The molecule has 0 spiro atoms. The van der Waals surface area contributed by atoms with Gasteiger partial charge in [0.05, 0.1) is 0 Å². The van der Waals surface area contributed by atoms with E-state index in [1.54, 1.807) is 0 Å². The van der Waals surface area contributed by atoms with Crippen LogP contribution in [-0.2, 0) is 0 Å². The minimum absolute atomic E-state index is 0. The van der Waals surface area contributed by atoms with Crippen molar-refractivity contribution in [3.63, 3.8) is 0 Å². The summed E-state index contributed by atoms with van der Waals surface area (Å²) in [7, 11) is 0. The molecule has 3 N–H and O–H groups in total. The summed E-state index contributed by atoms with van der Waals surface area (Å²) in [6.45, 7) is 0.337. The molecule has 0 bridgehead atoms. The van der Waals surface area contributed by atoms with E-state index in [-0.39, 0.29) is 6.15 Å². The van der Waals surface area contributed by atoms with Crippen molar-refractivity contribution in [1.29, 1.82) is 0 Å². The Balaban J connectivity index is 0.000001000. The summed E-state index contributed by atoms with van der Waals surface area (Å²) in [5, 5.41) is 0. The molecular weight excluding hydrogens is 138 g/mol. The molecule has 0 aliphatic heterocycles. The average Bonchev–Trinajstić information content (AvgIpc) is 2.03. The third kappa shape index (κ3) is 3.29. The Morgan fingerprint density at radius 2 is 1.91 bits per heavy atom. The van der Waals surface area contributed by atoms with Gasteiger partial charge < -0.3 is 10.9 Å². The van der Waals surface area contributed by atoms with Crippen LogP contribution in [0.1, 0.15) is 0 Å². The monoisotopic (exact) mass is 149 g/mol. The van der Waals surface area contributed by atoms with E-state index in [4.69, 9.17) is 11.2 Å². The van der Waals surface area contributed by atoms with Crippen LogP contribution in [-0.4, -0.2) is 6.61 Å². The van der Waals surface area contributed by atoms with Gasteiger partial charge in [-0.25, -0.2) is 0 Å². The fourth-order valence-corrected chi connectivity index (χ4v) is 0.642. The third-order valence-electron chi connectivity index (χ3n) is 1.07. The molecule has 0 saturated heterocycles. The van der Waals surface area contributed by atoms with Gasteiger partial charge in [0.1, 0.15) is 12.4 Å². The number of para-hydroxylation sites is 1. The molecular formula is C9H11NO. The lowest BCUT2D eigenvalue weighted by Crippen LogP contribution is -1.91. The van der Waals surface area contributed by atoms with E-state index in [0.717, 1.165) is 5.75 Å².